The summed E-state index contributed by atoms with van der Waals surface area (Å²) in [4.78, 5) is 51.3. The van der Waals surface area contributed by atoms with Crippen molar-refractivity contribution >= 4 is 29.4 Å². The number of amides is 3. The molecule has 1 N–H and O–H groups in total. The summed E-state index contributed by atoms with van der Waals surface area (Å²) < 4.78 is 5.11. The number of aryl methyl sites for hydroxylation is 2. The van der Waals surface area contributed by atoms with Gasteiger partial charge in [-0.1, -0.05) is 48.0 Å². The van der Waals surface area contributed by atoms with E-state index in [-0.39, 0.29) is 23.2 Å². The predicted octanol–water partition coefficient (Wildman–Crippen LogP) is 3.90. The highest BCUT2D eigenvalue weighted by Gasteiger charge is 2.36. The molecule has 0 fully saturated rings. The summed E-state index contributed by atoms with van der Waals surface area (Å²) in [5.41, 5.74) is 3.91. The van der Waals surface area contributed by atoms with Crippen LogP contribution in [-0.4, -0.2) is 35.2 Å². The lowest BCUT2D eigenvalue weighted by atomic mass is 10.1. The fraction of sp³-hybridized carbons (Fsp3) is 0.154. The minimum absolute atomic E-state index is 0.0933. The Balaban J connectivity index is 1.41. The topological polar surface area (TPSA) is 92.8 Å². The first-order valence-electron chi connectivity index (χ1n) is 10.4. The molecule has 1 aliphatic rings. The van der Waals surface area contributed by atoms with E-state index in [1.807, 2.05) is 56.3 Å². The van der Waals surface area contributed by atoms with Crippen molar-refractivity contribution in [1.29, 1.82) is 0 Å². The van der Waals surface area contributed by atoms with Crippen LogP contribution in [0.2, 0.25) is 0 Å². The predicted molar refractivity (Wildman–Crippen MR) is 122 cm³/mol. The van der Waals surface area contributed by atoms with Crippen LogP contribution in [0.15, 0.2) is 66.7 Å². The summed E-state index contributed by atoms with van der Waals surface area (Å²) in [6.45, 7) is 3.50. The summed E-state index contributed by atoms with van der Waals surface area (Å²) in [7, 11) is 0. The standard InChI is InChI=1S/C26H22N2O5/c1-16-8-11-22(17(2)12-16)27-23(29)15-33-26(32)19-9-10-20-21(13-19)25(31)28(24(20)30)14-18-6-4-3-5-7-18/h3-13H,14-15H2,1-2H3,(H,27,29). The van der Waals surface area contributed by atoms with Gasteiger partial charge < -0.3 is 10.1 Å². The SMILES string of the molecule is Cc1ccc(NC(=O)COC(=O)c2ccc3c(c2)C(=O)N(Cc2ccccc2)C3=O)c(C)c1. The molecule has 0 atom stereocenters. The van der Waals surface area contributed by atoms with Crippen LogP contribution in [0.4, 0.5) is 5.69 Å². The van der Waals surface area contributed by atoms with Gasteiger partial charge in [0, 0.05) is 5.69 Å². The van der Waals surface area contributed by atoms with Gasteiger partial charge in [-0.25, -0.2) is 4.79 Å². The van der Waals surface area contributed by atoms with Crippen molar-refractivity contribution < 1.29 is 23.9 Å². The molecule has 0 spiro atoms. The minimum Gasteiger partial charge on any atom is -0.452 e. The zero-order valence-corrected chi connectivity index (χ0v) is 18.3. The maximum absolute atomic E-state index is 12.8. The molecule has 0 unspecified atom stereocenters. The van der Waals surface area contributed by atoms with Gasteiger partial charge in [0.15, 0.2) is 6.61 Å². The Labute approximate surface area is 191 Å². The van der Waals surface area contributed by atoms with Crippen LogP contribution < -0.4 is 5.32 Å². The first-order valence-corrected chi connectivity index (χ1v) is 10.4. The Hall–Kier alpha value is -4.26. The number of hydrogen-bond acceptors (Lipinski definition) is 5. The molecule has 7 heteroatoms. The van der Waals surface area contributed by atoms with Gasteiger partial charge in [0.1, 0.15) is 0 Å². The van der Waals surface area contributed by atoms with Gasteiger partial charge in [0.2, 0.25) is 0 Å². The van der Waals surface area contributed by atoms with E-state index in [0.717, 1.165) is 21.6 Å². The number of carbonyl (C=O) groups is 4. The highest BCUT2D eigenvalue weighted by molar-refractivity contribution is 6.21. The molecule has 1 aliphatic heterocycles. The largest absolute Gasteiger partial charge is 0.452 e. The minimum atomic E-state index is -0.754. The van der Waals surface area contributed by atoms with Gasteiger partial charge in [-0.2, -0.15) is 0 Å². The van der Waals surface area contributed by atoms with E-state index in [1.54, 1.807) is 6.07 Å². The first-order chi connectivity index (χ1) is 15.8. The van der Waals surface area contributed by atoms with Crippen molar-refractivity contribution in [3.05, 3.63) is 100 Å². The van der Waals surface area contributed by atoms with E-state index < -0.39 is 30.3 Å². The van der Waals surface area contributed by atoms with E-state index in [4.69, 9.17) is 4.74 Å². The number of anilines is 1. The maximum Gasteiger partial charge on any atom is 0.338 e. The maximum atomic E-state index is 12.8. The third kappa shape index (κ3) is 4.67. The van der Waals surface area contributed by atoms with E-state index >= 15 is 0 Å². The molecule has 0 saturated carbocycles. The molecule has 7 nitrogen and oxygen atoms in total. The lowest BCUT2D eigenvalue weighted by molar-refractivity contribution is -0.119. The van der Waals surface area contributed by atoms with Crippen molar-refractivity contribution in [3.63, 3.8) is 0 Å². The number of carbonyl (C=O) groups excluding carboxylic acids is 4. The van der Waals surface area contributed by atoms with Gasteiger partial charge in [-0.3, -0.25) is 19.3 Å². The van der Waals surface area contributed by atoms with Crippen LogP contribution in [0, 0.1) is 13.8 Å². The van der Waals surface area contributed by atoms with Crippen molar-refractivity contribution in [2.24, 2.45) is 0 Å². The number of rotatable bonds is 6. The molecular formula is C26H22N2O5. The van der Waals surface area contributed by atoms with Gasteiger partial charge in [0.05, 0.1) is 23.2 Å². The average Bonchev–Trinajstić information content (AvgIpc) is 3.04. The number of imide groups is 1. The smallest absolute Gasteiger partial charge is 0.338 e. The second-order valence-corrected chi connectivity index (χ2v) is 7.89. The van der Waals surface area contributed by atoms with Crippen LogP contribution in [0.5, 0.6) is 0 Å². The number of esters is 1. The molecule has 3 aromatic carbocycles. The summed E-state index contributed by atoms with van der Waals surface area (Å²) >= 11 is 0. The molecule has 0 aromatic heterocycles. The third-order valence-electron chi connectivity index (χ3n) is 5.38. The lowest BCUT2D eigenvalue weighted by Crippen LogP contribution is -2.29. The molecule has 0 radical (unpaired) electrons. The summed E-state index contributed by atoms with van der Waals surface area (Å²) in [6.07, 6.45) is 0. The molecule has 33 heavy (non-hydrogen) atoms. The van der Waals surface area contributed by atoms with E-state index in [0.29, 0.717) is 5.69 Å². The molecule has 166 valence electrons. The molecule has 4 rings (SSSR count). The monoisotopic (exact) mass is 442 g/mol. The Bertz CT molecular complexity index is 1270. The van der Waals surface area contributed by atoms with Crippen molar-refractivity contribution in [1.82, 2.24) is 4.90 Å². The van der Waals surface area contributed by atoms with Crippen molar-refractivity contribution in [3.8, 4) is 0 Å². The van der Waals surface area contributed by atoms with Crippen molar-refractivity contribution in [2.45, 2.75) is 20.4 Å². The lowest BCUT2D eigenvalue weighted by Gasteiger charge is -2.13. The zero-order chi connectivity index (χ0) is 23.5. The second-order valence-electron chi connectivity index (χ2n) is 7.89. The molecule has 1 heterocycles. The summed E-state index contributed by atoms with van der Waals surface area (Å²) in [5.74, 6) is -2.11. The van der Waals surface area contributed by atoms with Crippen LogP contribution >= 0.6 is 0 Å². The van der Waals surface area contributed by atoms with Crippen LogP contribution in [0.3, 0.4) is 0 Å². The number of nitrogens with one attached hydrogen (secondary N) is 1. The second kappa shape index (κ2) is 9.08. The fourth-order valence-electron chi connectivity index (χ4n) is 3.68. The molecule has 0 aliphatic carbocycles. The zero-order valence-electron chi connectivity index (χ0n) is 18.3. The number of hydrogen-bond donors (Lipinski definition) is 1. The van der Waals surface area contributed by atoms with E-state index in [1.165, 1.54) is 18.2 Å². The molecule has 3 amide bonds. The highest BCUT2D eigenvalue weighted by atomic mass is 16.5. The molecule has 0 bridgehead atoms. The average molecular weight is 442 g/mol. The Morgan fingerprint density at radius 3 is 2.33 bits per heavy atom. The van der Waals surface area contributed by atoms with Crippen LogP contribution in [0.1, 0.15) is 47.8 Å². The van der Waals surface area contributed by atoms with Crippen molar-refractivity contribution in [2.75, 3.05) is 11.9 Å². The van der Waals surface area contributed by atoms with Crippen LogP contribution in [0.25, 0.3) is 0 Å². The Morgan fingerprint density at radius 2 is 1.61 bits per heavy atom. The van der Waals surface area contributed by atoms with Crippen LogP contribution in [-0.2, 0) is 16.1 Å². The van der Waals surface area contributed by atoms with Gasteiger partial charge in [-0.15, -0.1) is 0 Å². The summed E-state index contributed by atoms with van der Waals surface area (Å²) in [5, 5.41) is 2.71. The van der Waals surface area contributed by atoms with Gasteiger partial charge in [0.25, 0.3) is 17.7 Å². The molecule has 3 aromatic rings. The van der Waals surface area contributed by atoms with E-state index in [2.05, 4.69) is 5.32 Å². The Kier molecular flexibility index (Phi) is 6.04. The summed E-state index contributed by atoms with van der Waals surface area (Å²) in [6, 6.07) is 19.0. The highest BCUT2D eigenvalue weighted by Crippen LogP contribution is 2.26. The van der Waals surface area contributed by atoms with Gasteiger partial charge in [-0.05, 0) is 49.2 Å². The Morgan fingerprint density at radius 1 is 0.879 bits per heavy atom. The third-order valence-corrected chi connectivity index (χ3v) is 5.38. The first kappa shape index (κ1) is 22.0. The number of fused-ring (bicyclic) bond motifs is 1. The normalized spacial score (nSPS) is 12.5. The number of ether oxygens (including phenoxy) is 1. The number of benzene rings is 3. The molecule has 0 saturated heterocycles. The van der Waals surface area contributed by atoms with E-state index in [9.17, 15) is 19.2 Å². The van der Waals surface area contributed by atoms with Gasteiger partial charge >= 0.3 is 5.97 Å². The quantitative estimate of drug-likeness (QED) is 0.462. The number of nitrogens with zero attached hydrogens (tertiary/aromatic N) is 1. The molecular weight excluding hydrogens is 420 g/mol. The fourth-order valence-corrected chi connectivity index (χ4v) is 3.68.